The molecule has 0 spiro atoms. The molecule has 0 unspecified atom stereocenters. The maximum Gasteiger partial charge on any atom is 0.227 e. The van der Waals surface area contributed by atoms with Gasteiger partial charge in [0.2, 0.25) is 5.91 Å². The molecule has 4 heteroatoms. The minimum atomic E-state index is 0.152. The molecule has 0 atom stereocenters. The van der Waals surface area contributed by atoms with Gasteiger partial charge in [-0.05, 0) is 61.7 Å². The lowest BCUT2D eigenvalue weighted by Crippen LogP contribution is -2.27. The third-order valence-electron chi connectivity index (χ3n) is 4.42. The number of aromatic nitrogens is 1. The van der Waals surface area contributed by atoms with Crippen LogP contribution in [0, 0.1) is 12.8 Å². The van der Waals surface area contributed by atoms with Gasteiger partial charge in [0.25, 0.3) is 0 Å². The number of nitrogens with one attached hydrogen (secondary N) is 1. The largest absolute Gasteiger partial charge is 0.326 e. The zero-order valence-corrected chi connectivity index (χ0v) is 13.8. The first-order chi connectivity index (χ1) is 11.2. The van der Waals surface area contributed by atoms with Crippen molar-refractivity contribution in [1.82, 2.24) is 4.98 Å². The molecule has 1 aliphatic rings. The molecule has 2 aromatic carbocycles. The highest BCUT2D eigenvalue weighted by Crippen LogP contribution is 2.32. The van der Waals surface area contributed by atoms with Gasteiger partial charge in [0.05, 0.1) is 10.2 Å². The number of benzene rings is 2. The maximum absolute atomic E-state index is 12.0. The summed E-state index contributed by atoms with van der Waals surface area (Å²) in [5.74, 6) is 0.363. The molecule has 116 valence electrons. The predicted molar refractivity (Wildman–Crippen MR) is 95.8 cm³/mol. The number of thiazole rings is 1. The fraction of sp³-hybridized carbons (Fsp3) is 0.263. The molecule has 1 saturated carbocycles. The van der Waals surface area contributed by atoms with Crippen LogP contribution < -0.4 is 5.32 Å². The molecular weight excluding hydrogens is 304 g/mol. The van der Waals surface area contributed by atoms with Crippen molar-refractivity contribution in [1.29, 1.82) is 0 Å². The molecule has 3 nitrogen and oxygen atoms in total. The van der Waals surface area contributed by atoms with E-state index in [0.717, 1.165) is 34.6 Å². The van der Waals surface area contributed by atoms with E-state index in [1.54, 1.807) is 11.3 Å². The molecule has 0 bridgehead atoms. The van der Waals surface area contributed by atoms with E-state index in [0.29, 0.717) is 0 Å². The molecule has 4 rings (SSSR count). The van der Waals surface area contributed by atoms with Crippen molar-refractivity contribution in [2.24, 2.45) is 5.92 Å². The molecule has 0 aliphatic heterocycles. The van der Waals surface area contributed by atoms with Crippen LogP contribution in [-0.2, 0) is 4.79 Å². The second-order valence-electron chi connectivity index (χ2n) is 6.18. The van der Waals surface area contributed by atoms with Gasteiger partial charge in [0.1, 0.15) is 5.01 Å². The van der Waals surface area contributed by atoms with Crippen LogP contribution in [0.15, 0.2) is 42.5 Å². The van der Waals surface area contributed by atoms with E-state index in [-0.39, 0.29) is 11.8 Å². The van der Waals surface area contributed by atoms with Crippen LogP contribution in [0.2, 0.25) is 0 Å². The zero-order valence-electron chi connectivity index (χ0n) is 13.0. The van der Waals surface area contributed by atoms with Crippen molar-refractivity contribution in [2.45, 2.75) is 26.2 Å². The highest BCUT2D eigenvalue weighted by Gasteiger charge is 2.25. The van der Waals surface area contributed by atoms with Gasteiger partial charge in [-0.25, -0.2) is 4.98 Å². The van der Waals surface area contributed by atoms with Crippen LogP contribution in [-0.4, -0.2) is 10.9 Å². The molecule has 1 heterocycles. The summed E-state index contributed by atoms with van der Waals surface area (Å²) in [6.07, 6.45) is 3.22. The Morgan fingerprint density at radius 1 is 1.17 bits per heavy atom. The summed E-state index contributed by atoms with van der Waals surface area (Å²) in [7, 11) is 0. The third-order valence-corrected chi connectivity index (χ3v) is 5.49. The Labute approximate surface area is 139 Å². The fourth-order valence-corrected chi connectivity index (χ4v) is 3.84. The number of nitrogens with zero attached hydrogens (tertiary/aromatic N) is 1. The number of aryl methyl sites for hydroxylation is 1. The summed E-state index contributed by atoms with van der Waals surface area (Å²) in [6, 6.07) is 14.3. The monoisotopic (exact) mass is 322 g/mol. The fourth-order valence-electron chi connectivity index (χ4n) is 2.77. The summed E-state index contributed by atoms with van der Waals surface area (Å²) in [5, 5.41) is 4.02. The van der Waals surface area contributed by atoms with Gasteiger partial charge < -0.3 is 5.32 Å². The predicted octanol–water partition coefficient (Wildman–Crippen LogP) is 5.01. The van der Waals surface area contributed by atoms with E-state index in [2.05, 4.69) is 30.4 Å². The summed E-state index contributed by atoms with van der Waals surface area (Å²) < 4.78 is 1.21. The zero-order chi connectivity index (χ0) is 15.8. The van der Waals surface area contributed by atoms with E-state index < -0.39 is 0 Å². The van der Waals surface area contributed by atoms with Crippen molar-refractivity contribution in [3.63, 3.8) is 0 Å². The minimum Gasteiger partial charge on any atom is -0.326 e. The van der Waals surface area contributed by atoms with Crippen molar-refractivity contribution >= 4 is 33.1 Å². The molecule has 0 saturated heterocycles. The van der Waals surface area contributed by atoms with Gasteiger partial charge in [-0.1, -0.05) is 12.5 Å². The van der Waals surface area contributed by atoms with E-state index >= 15 is 0 Å². The van der Waals surface area contributed by atoms with Crippen molar-refractivity contribution in [3.05, 3.63) is 48.0 Å². The number of carbonyl (C=O) groups is 1. The SMILES string of the molecule is Cc1ccc2nc(-c3ccc(NC(=O)C4CCC4)cc3)sc2c1. The second-order valence-corrected chi connectivity index (χ2v) is 7.22. The molecule has 1 N–H and O–H groups in total. The van der Waals surface area contributed by atoms with Crippen LogP contribution in [0.5, 0.6) is 0 Å². The third kappa shape index (κ3) is 2.86. The molecule has 1 aromatic heterocycles. The Kier molecular flexibility index (Phi) is 3.62. The van der Waals surface area contributed by atoms with Crippen molar-refractivity contribution < 1.29 is 4.79 Å². The highest BCUT2D eigenvalue weighted by atomic mass is 32.1. The summed E-state index contributed by atoms with van der Waals surface area (Å²) in [5.41, 5.74) is 4.24. The first kappa shape index (κ1) is 14.4. The maximum atomic E-state index is 12.0. The lowest BCUT2D eigenvalue weighted by atomic mass is 9.85. The summed E-state index contributed by atoms with van der Waals surface area (Å²) >= 11 is 1.70. The normalized spacial score (nSPS) is 14.7. The van der Waals surface area contributed by atoms with Crippen LogP contribution >= 0.6 is 11.3 Å². The van der Waals surface area contributed by atoms with Crippen LogP contribution in [0.4, 0.5) is 5.69 Å². The average Bonchev–Trinajstić information content (AvgIpc) is 2.89. The van der Waals surface area contributed by atoms with Crippen molar-refractivity contribution in [3.8, 4) is 10.6 Å². The number of hydrogen-bond acceptors (Lipinski definition) is 3. The van der Waals surface area contributed by atoms with Gasteiger partial charge in [-0.2, -0.15) is 0 Å². The van der Waals surface area contributed by atoms with Gasteiger partial charge in [-0.15, -0.1) is 11.3 Å². The van der Waals surface area contributed by atoms with Gasteiger partial charge in [-0.3, -0.25) is 4.79 Å². The number of amides is 1. The summed E-state index contributed by atoms with van der Waals surface area (Å²) in [4.78, 5) is 16.7. The van der Waals surface area contributed by atoms with Crippen LogP contribution in [0.1, 0.15) is 24.8 Å². The van der Waals surface area contributed by atoms with E-state index in [4.69, 9.17) is 4.98 Å². The Hall–Kier alpha value is -2.20. The number of rotatable bonds is 3. The molecular formula is C19H18N2OS. The first-order valence-corrected chi connectivity index (χ1v) is 8.79. The Balaban J connectivity index is 1.55. The Bertz CT molecular complexity index is 863. The molecule has 0 radical (unpaired) electrons. The molecule has 1 amide bonds. The topological polar surface area (TPSA) is 42.0 Å². The number of fused-ring (bicyclic) bond motifs is 1. The number of hydrogen-bond donors (Lipinski definition) is 1. The van der Waals surface area contributed by atoms with Crippen LogP contribution in [0.25, 0.3) is 20.8 Å². The Morgan fingerprint density at radius 2 is 1.96 bits per heavy atom. The van der Waals surface area contributed by atoms with Gasteiger partial charge >= 0.3 is 0 Å². The molecule has 23 heavy (non-hydrogen) atoms. The lowest BCUT2D eigenvalue weighted by Gasteiger charge is -2.24. The Morgan fingerprint density at radius 3 is 2.65 bits per heavy atom. The number of anilines is 1. The van der Waals surface area contributed by atoms with E-state index in [1.165, 1.54) is 16.7 Å². The average molecular weight is 322 g/mol. The van der Waals surface area contributed by atoms with Crippen molar-refractivity contribution in [2.75, 3.05) is 5.32 Å². The van der Waals surface area contributed by atoms with E-state index in [9.17, 15) is 4.79 Å². The quantitative estimate of drug-likeness (QED) is 0.736. The molecule has 1 fully saturated rings. The highest BCUT2D eigenvalue weighted by molar-refractivity contribution is 7.21. The van der Waals surface area contributed by atoms with Gasteiger partial charge in [0.15, 0.2) is 0 Å². The minimum absolute atomic E-state index is 0.152. The molecule has 3 aromatic rings. The van der Waals surface area contributed by atoms with Crippen LogP contribution in [0.3, 0.4) is 0 Å². The second kappa shape index (κ2) is 5.78. The smallest absolute Gasteiger partial charge is 0.227 e. The number of carbonyl (C=O) groups excluding carboxylic acids is 1. The molecule has 1 aliphatic carbocycles. The lowest BCUT2D eigenvalue weighted by molar-refractivity contribution is -0.122. The standard InChI is InChI=1S/C19H18N2OS/c1-12-5-10-16-17(11-12)23-19(21-16)14-6-8-15(9-7-14)20-18(22)13-3-2-4-13/h5-11,13H,2-4H2,1H3,(H,20,22). The summed E-state index contributed by atoms with van der Waals surface area (Å²) in [6.45, 7) is 2.10. The first-order valence-electron chi connectivity index (χ1n) is 7.97. The van der Waals surface area contributed by atoms with E-state index in [1.807, 2.05) is 24.3 Å². The van der Waals surface area contributed by atoms with Gasteiger partial charge in [0, 0.05) is 17.2 Å².